The molecule has 1 saturated heterocycles. The van der Waals surface area contributed by atoms with E-state index >= 15 is 0 Å². The molecule has 2 rings (SSSR count). The lowest BCUT2D eigenvalue weighted by Crippen LogP contribution is -2.09. The van der Waals surface area contributed by atoms with Gasteiger partial charge in [0, 0.05) is 0 Å². The molecule has 0 amide bonds. The van der Waals surface area contributed by atoms with E-state index in [1.165, 1.54) is 42.9 Å². The molecule has 106 valence electrons. The van der Waals surface area contributed by atoms with Gasteiger partial charge in [0.1, 0.15) is 0 Å². The van der Waals surface area contributed by atoms with Crippen LogP contribution in [0.3, 0.4) is 0 Å². The lowest BCUT2D eigenvalue weighted by Gasteiger charge is -2.21. The number of aryl methyl sites for hydroxylation is 1. The molecule has 0 saturated carbocycles. The van der Waals surface area contributed by atoms with Gasteiger partial charge in [-0.2, -0.15) is 24.9 Å². The van der Waals surface area contributed by atoms with Crippen LogP contribution in [0.2, 0.25) is 0 Å². The molecule has 0 spiro atoms. The summed E-state index contributed by atoms with van der Waals surface area (Å²) in [4.78, 5) is 0. The Morgan fingerprint density at radius 1 is 1.05 bits per heavy atom. The van der Waals surface area contributed by atoms with E-state index in [9.17, 15) is 13.2 Å². The highest BCUT2D eigenvalue weighted by Gasteiger charge is 2.29. The quantitative estimate of drug-likeness (QED) is 0.736. The maximum absolute atomic E-state index is 12.4. The summed E-state index contributed by atoms with van der Waals surface area (Å²) in [6.07, 6.45) is 1.57. The maximum Gasteiger partial charge on any atom is 0.416 e. The van der Waals surface area contributed by atoms with Crippen molar-refractivity contribution in [2.24, 2.45) is 5.92 Å². The SMILES string of the molecule is FC(F)(F)c1ccc(CCCC2CCSCC2)cc1. The van der Waals surface area contributed by atoms with Crippen LogP contribution in [0.25, 0.3) is 0 Å². The van der Waals surface area contributed by atoms with Crippen molar-refractivity contribution in [2.75, 3.05) is 11.5 Å². The molecular weight excluding hydrogens is 269 g/mol. The van der Waals surface area contributed by atoms with Crippen LogP contribution in [-0.4, -0.2) is 11.5 Å². The van der Waals surface area contributed by atoms with E-state index in [2.05, 4.69) is 0 Å². The Hall–Kier alpha value is -0.640. The molecular formula is C15H19F3S. The summed E-state index contributed by atoms with van der Waals surface area (Å²) >= 11 is 2.03. The number of hydrogen-bond acceptors (Lipinski definition) is 1. The number of hydrogen-bond donors (Lipinski definition) is 0. The average Bonchev–Trinajstić information content (AvgIpc) is 2.39. The van der Waals surface area contributed by atoms with Gasteiger partial charge in [0.25, 0.3) is 0 Å². The third-order valence-electron chi connectivity index (χ3n) is 3.70. The van der Waals surface area contributed by atoms with Crippen LogP contribution in [-0.2, 0) is 12.6 Å². The van der Waals surface area contributed by atoms with E-state index < -0.39 is 11.7 Å². The Bertz CT molecular complexity index is 377. The van der Waals surface area contributed by atoms with Gasteiger partial charge in [-0.05, 0) is 60.8 Å². The van der Waals surface area contributed by atoms with Gasteiger partial charge in [0.05, 0.1) is 5.56 Å². The average molecular weight is 288 g/mol. The lowest BCUT2D eigenvalue weighted by atomic mass is 9.94. The maximum atomic E-state index is 12.4. The van der Waals surface area contributed by atoms with Crippen molar-refractivity contribution in [3.05, 3.63) is 35.4 Å². The summed E-state index contributed by atoms with van der Waals surface area (Å²) in [5, 5.41) is 0. The minimum atomic E-state index is -4.22. The number of benzene rings is 1. The Morgan fingerprint density at radius 3 is 2.26 bits per heavy atom. The molecule has 0 nitrogen and oxygen atoms in total. The Labute approximate surface area is 116 Å². The molecule has 1 fully saturated rings. The van der Waals surface area contributed by atoms with E-state index in [-0.39, 0.29) is 0 Å². The van der Waals surface area contributed by atoms with Crippen molar-refractivity contribution in [3.63, 3.8) is 0 Å². The van der Waals surface area contributed by atoms with Gasteiger partial charge in [0.15, 0.2) is 0 Å². The van der Waals surface area contributed by atoms with E-state index in [0.29, 0.717) is 0 Å². The summed E-state index contributed by atoms with van der Waals surface area (Å²) in [5.74, 6) is 3.37. The second kappa shape index (κ2) is 6.69. The molecule has 19 heavy (non-hydrogen) atoms. The largest absolute Gasteiger partial charge is 0.416 e. The molecule has 0 atom stereocenters. The molecule has 0 aliphatic carbocycles. The number of thioether (sulfide) groups is 1. The minimum Gasteiger partial charge on any atom is -0.166 e. The first-order chi connectivity index (χ1) is 9.05. The van der Waals surface area contributed by atoms with Crippen LogP contribution < -0.4 is 0 Å². The zero-order valence-electron chi connectivity index (χ0n) is 10.9. The van der Waals surface area contributed by atoms with Gasteiger partial charge < -0.3 is 0 Å². The van der Waals surface area contributed by atoms with Crippen molar-refractivity contribution in [3.8, 4) is 0 Å². The van der Waals surface area contributed by atoms with Crippen molar-refractivity contribution in [1.82, 2.24) is 0 Å². The van der Waals surface area contributed by atoms with E-state index in [1.54, 1.807) is 12.1 Å². The van der Waals surface area contributed by atoms with Gasteiger partial charge in [-0.3, -0.25) is 0 Å². The molecule has 1 aromatic rings. The van der Waals surface area contributed by atoms with E-state index in [0.717, 1.165) is 24.3 Å². The van der Waals surface area contributed by atoms with Crippen LogP contribution >= 0.6 is 11.8 Å². The molecule has 4 heteroatoms. The van der Waals surface area contributed by atoms with Crippen LogP contribution in [0.15, 0.2) is 24.3 Å². The molecule has 1 heterocycles. The van der Waals surface area contributed by atoms with E-state index in [4.69, 9.17) is 0 Å². The van der Waals surface area contributed by atoms with Crippen LogP contribution in [0.1, 0.15) is 36.8 Å². The third-order valence-corrected chi connectivity index (χ3v) is 4.75. The molecule has 0 aromatic heterocycles. The van der Waals surface area contributed by atoms with Gasteiger partial charge >= 0.3 is 6.18 Å². The zero-order valence-corrected chi connectivity index (χ0v) is 11.7. The normalized spacial score (nSPS) is 17.6. The van der Waals surface area contributed by atoms with Crippen LogP contribution in [0, 0.1) is 5.92 Å². The van der Waals surface area contributed by atoms with Gasteiger partial charge in [-0.15, -0.1) is 0 Å². The first-order valence-corrected chi connectivity index (χ1v) is 7.95. The monoisotopic (exact) mass is 288 g/mol. The highest BCUT2D eigenvalue weighted by molar-refractivity contribution is 7.99. The molecule has 1 aliphatic rings. The molecule has 1 aromatic carbocycles. The number of halogens is 3. The predicted octanol–water partition coefficient (Wildman–Crippen LogP) is 5.17. The second-order valence-corrected chi connectivity index (χ2v) is 6.37. The van der Waals surface area contributed by atoms with Crippen molar-refractivity contribution < 1.29 is 13.2 Å². The molecule has 0 bridgehead atoms. The predicted molar refractivity (Wildman–Crippen MR) is 74.4 cm³/mol. The van der Waals surface area contributed by atoms with Crippen LogP contribution in [0.5, 0.6) is 0 Å². The summed E-state index contributed by atoms with van der Waals surface area (Å²) in [6.45, 7) is 0. The lowest BCUT2D eigenvalue weighted by molar-refractivity contribution is -0.137. The third kappa shape index (κ3) is 4.75. The fourth-order valence-electron chi connectivity index (χ4n) is 2.49. The standard InChI is InChI=1S/C15H19F3S/c16-15(17,18)14-6-4-12(5-7-14)2-1-3-13-8-10-19-11-9-13/h4-7,13H,1-3,8-11H2. The number of rotatable bonds is 4. The molecule has 0 unspecified atom stereocenters. The minimum absolute atomic E-state index is 0.555. The van der Waals surface area contributed by atoms with Crippen molar-refractivity contribution in [2.45, 2.75) is 38.3 Å². The Morgan fingerprint density at radius 2 is 1.68 bits per heavy atom. The highest BCUT2D eigenvalue weighted by Crippen LogP contribution is 2.30. The molecule has 0 radical (unpaired) electrons. The summed E-state index contributed by atoms with van der Waals surface area (Å²) < 4.78 is 37.2. The first-order valence-electron chi connectivity index (χ1n) is 6.79. The summed E-state index contributed by atoms with van der Waals surface area (Å²) in [6, 6.07) is 5.60. The van der Waals surface area contributed by atoms with Crippen LogP contribution in [0.4, 0.5) is 13.2 Å². The second-order valence-electron chi connectivity index (χ2n) is 5.14. The molecule has 0 N–H and O–H groups in total. The Balaban J connectivity index is 1.76. The van der Waals surface area contributed by atoms with E-state index in [1.807, 2.05) is 11.8 Å². The van der Waals surface area contributed by atoms with Gasteiger partial charge in [-0.25, -0.2) is 0 Å². The zero-order chi connectivity index (χ0) is 13.7. The topological polar surface area (TPSA) is 0 Å². The fourth-order valence-corrected chi connectivity index (χ4v) is 3.69. The first kappa shape index (κ1) is 14.8. The highest BCUT2D eigenvalue weighted by atomic mass is 32.2. The number of alkyl halides is 3. The fraction of sp³-hybridized carbons (Fsp3) is 0.600. The molecule has 1 aliphatic heterocycles. The van der Waals surface area contributed by atoms with Crippen molar-refractivity contribution in [1.29, 1.82) is 0 Å². The smallest absolute Gasteiger partial charge is 0.166 e. The summed E-state index contributed by atoms with van der Waals surface area (Å²) in [5.41, 5.74) is 0.457. The van der Waals surface area contributed by atoms with Gasteiger partial charge in [-0.1, -0.05) is 18.6 Å². The summed E-state index contributed by atoms with van der Waals surface area (Å²) in [7, 11) is 0. The Kier molecular flexibility index (Phi) is 5.20. The van der Waals surface area contributed by atoms with Gasteiger partial charge in [0.2, 0.25) is 0 Å². The van der Waals surface area contributed by atoms with Crippen molar-refractivity contribution >= 4 is 11.8 Å².